The van der Waals surface area contributed by atoms with Crippen molar-refractivity contribution in [1.29, 1.82) is 0 Å². The van der Waals surface area contributed by atoms with Gasteiger partial charge in [-0.3, -0.25) is 4.79 Å². The molecule has 2 N–H and O–H groups in total. The van der Waals surface area contributed by atoms with Crippen molar-refractivity contribution in [3.8, 4) is 0 Å². The second-order valence-corrected chi connectivity index (χ2v) is 6.64. The summed E-state index contributed by atoms with van der Waals surface area (Å²) in [6.45, 7) is 3.19. The van der Waals surface area contributed by atoms with E-state index in [2.05, 4.69) is 16.7 Å². The number of likely N-dealkylation sites (tertiary alicyclic amines) is 1. The number of carbonyl (C=O) groups is 2. The molecule has 116 valence electrons. The zero-order chi connectivity index (χ0) is 15.2. The van der Waals surface area contributed by atoms with Gasteiger partial charge in [-0.2, -0.15) is 0 Å². The van der Waals surface area contributed by atoms with Gasteiger partial charge in [-0.25, -0.2) is 4.79 Å². The Hall–Kier alpha value is -1.27. The molecule has 1 fully saturated rings. The standard InChI is InChI=1S/C14H20ClN3O2S/c1-10(15)13(19)16-6-7-17-14(20)18-8-2-4-11(18)12-5-3-9-21-12/h3,5,9-11H,2,4,6-8H2,1H3,(H,16,19)(H,17,20)/t10-,11-/m1/s1. The number of carbonyl (C=O) groups excluding carboxylic acids is 2. The largest absolute Gasteiger partial charge is 0.353 e. The summed E-state index contributed by atoms with van der Waals surface area (Å²) >= 11 is 7.33. The van der Waals surface area contributed by atoms with Gasteiger partial charge in [0.15, 0.2) is 0 Å². The Labute approximate surface area is 133 Å². The summed E-state index contributed by atoms with van der Waals surface area (Å²) in [7, 11) is 0. The quantitative estimate of drug-likeness (QED) is 0.643. The number of thiophene rings is 1. The van der Waals surface area contributed by atoms with Crippen molar-refractivity contribution in [1.82, 2.24) is 15.5 Å². The van der Waals surface area contributed by atoms with E-state index in [4.69, 9.17) is 11.6 Å². The summed E-state index contributed by atoms with van der Waals surface area (Å²) < 4.78 is 0. The molecule has 3 amide bonds. The molecule has 0 bridgehead atoms. The average Bonchev–Trinajstić information content (AvgIpc) is 3.11. The molecule has 0 unspecified atom stereocenters. The topological polar surface area (TPSA) is 61.4 Å². The Kier molecular flexibility index (Phi) is 5.87. The maximum atomic E-state index is 12.2. The van der Waals surface area contributed by atoms with Gasteiger partial charge in [0.05, 0.1) is 6.04 Å². The third-order valence-corrected chi connectivity index (χ3v) is 4.62. The zero-order valence-electron chi connectivity index (χ0n) is 12.0. The van der Waals surface area contributed by atoms with E-state index >= 15 is 0 Å². The summed E-state index contributed by atoms with van der Waals surface area (Å²) in [4.78, 5) is 26.6. The minimum atomic E-state index is -0.553. The first kappa shape index (κ1) is 16.1. The maximum absolute atomic E-state index is 12.2. The smallest absolute Gasteiger partial charge is 0.318 e. The van der Waals surface area contributed by atoms with E-state index in [9.17, 15) is 9.59 Å². The van der Waals surface area contributed by atoms with Gasteiger partial charge in [0, 0.05) is 24.5 Å². The van der Waals surface area contributed by atoms with Crippen LogP contribution in [0.25, 0.3) is 0 Å². The fraction of sp³-hybridized carbons (Fsp3) is 0.571. The fourth-order valence-electron chi connectivity index (χ4n) is 2.38. The number of nitrogens with one attached hydrogen (secondary N) is 2. The van der Waals surface area contributed by atoms with Crippen LogP contribution in [-0.2, 0) is 4.79 Å². The molecule has 1 aromatic rings. The Balaban J connectivity index is 1.76. The number of hydrogen-bond acceptors (Lipinski definition) is 3. The van der Waals surface area contributed by atoms with Crippen LogP contribution in [0, 0.1) is 0 Å². The molecule has 0 aliphatic carbocycles. The highest BCUT2D eigenvalue weighted by molar-refractivity contribution is 7.10. The van der Waals surface area contributed by atoms with Crippen LogP contribution in [0.2, 0.25) is 0 Å². The van der Waals surface area contributed by atoms with Gasteiger partial charge in [0.25, 0.3) is 0 Å². The lowest BCUT2D eigenvalue weighted by Gasteiger charge is -2.24. The van der Waals surface area contributed by atoms with Gasteiger partial charge in [-0.1, -0.05) is 6.07 Å². The molecule has 5 nitrogen and oxygen atoms in total. The first-order valence-electron chi connectivity index (χ1n) is 7.09. The van der Waals surface area contributed by atoms with Crippen LogP contribution in [0.3, 0.4) is 0 Å². The number of hydrogen-bond donors (Lipinski definition) is 2. The van der Waals surface area contributed by atoms with E-state index in [0.717, 1.165) is 19.4 Å². The summed E-state index contributed by atoms with van der Waals surface area (Å²) in [6.07, 6.45) is 2.03. The second kappa shape index (κ2) is 7.66. The molecule has 0 aromatic carbocycles. The number of halogens is 1. The van der Waals surface area contributed by atoms with Crippen LogP contribution in [0.1, 0.15) is 30.7 Å². The van der Waals surface area contributed by atoms with Crippen molar-refractivity contribution in [3.05, 3.63) is 22.4 Å². The molecular weight excluding hydrogens is 310 g/mol. The van der Waals surface area contributed by atoms with Crippen molar-refractivity contribution in [2.24, 2.45) is 0 Å². The van der Waals surface area contributed by atoms with Gasteiger partial charge in [0.2, 0.25) is 5.91 Å². The summed E-state index contributed by atoms with van der Waals surface area (Å²) in [5.41, 5.74) is 0. The zero-order valence-corrected chi connectivity index (χ0v) is 13.5. The molecule has 1 saturated heterocycles. The first-order valence-corrected chi connectivity index (χ1v) is 8.41. The minimum absolute atomic E-state index is 0.0703. The lowest BCUT2D eigenvalue weighted by atomic mass is 10.2. The van der Waals surface area contributed by atoms with Gasteiger partial charge in [-0.05, 0) is 31.2 Å². The predicted octanol–water partition coefficient (Wildman–Crippen LogP) is 2.34. The van der Waals surface area contributed by atoms with E-state index in [1.54, 1.807) is 18.3 Å². The lowest BCUT2D eigenvalue weighted by molar-refractivity contribution is -0.120. The number of rotatable bonds is 5. The van der Waals surface area contributed by atoms with Crippen molar-refractivity contribution in [3.63, 3.8) is 0 Å². The molecule has 7 heteroatoms. The molecule has 0 saturated carbocycles. The van der Waals surface area contributed by atoms with E-state index in [1.165, 1.54) is 4.88 Å². The lowest BCUT2D eigenvalue weighted by Crippen LogP contribution is -2.43. The molecule has 2 rings (SSSR count). The third kappa shape index (κ3) is 4.35. The Morgan fingerprint density at radius 2 is 2.24 bits per heavy atom. The molecule has 2 heterocycles. The van der Waals surface area contributed by atoms with Crippen LogP contribution < -0.4 is 10.6 Å². The monoisotopic (exact) mass is 329 g/mol. The summed E-state index contributed by atoms with van der Waals surface area (Å²) in [5.74, 6) is -0.219. The van der Waals surface area contributed by atoms with Gasteiger partial charge in [0.1, 0.15) is 5.38 Å². The highest BCUT2D eigenvalue weighted by Crippen LogP contribution is 2.34. The Morgan fingerprint density at radius 1 is 1.48 bits per heavy atom. The Morgan fingerprint density at radius 3 is 2.90 bits per heavy atom. The number of nitrogens with zero attached hydrogens (tertiary/aromatic N) is 1. The highest BCUT2D eigenvalue weighted by Gasteiger charge is 2.30. The molecule has 1 aromatic heterocycles. The summed E-state index contributed by atoms with van der Waals surface area (Å²) in [6, 6.07) is 4.20. The van der Waals surface area contributed by atoms with E-state index < -0.39 is 5.38 Å². The molecule has 0 spiro atoms. The molecule has 0 radical (unpaired) electrons. The molecule has 2 atom stereocenters. The SMILES string of the molecule is C[C@@H](Cl)C(=O)NCCNC(=O)N1CCC[C@@H]1c1cccs1. The Bertz CT molecular complexity index is 479. The maximum Gasteiger partial charge on any atom is 0.318 e. The second-order valence-electron chi connectivity index (χ2n) is 5.01. The van der Waals surface area contributed by atoms with Gasteiger partial charge >= 0.3 is 6.03 Å². The fourth-order valence-corrected chi connectivity index (χ4v) is 3.33. The first-order chi connectivity index (χ1) is 10.1. The normalized spacial score (nSPS) is 19.3. The molecule has 1 aliphatic heterocycles. The van der Waals surface area contributed by atoms with Crippen LogP contribution >= 0.6 is 22.9 Å². The van der Waals surface area contributed by atoms with Crippen molar-refractivity contribution in [2.45, 2.75) is 31.2 Å². The van der Waals surface area contributed by atoms with Crippen molar-refractivity contribution in [2.75, 3.05) is 19.6 Å². The third-order valence-electron chi connectivity index (χ3n) is 3.45. The minimum Gasteiger partial charge on any atom is -0.353 e. The van der Waals surface area contributed by atoms with Crippen LogP contribution in [-0.4, -0.2) is 41.8 Å². The van der Waals surface area contributed by atoms with Gasteiger partial charge in [-0.15, -0.1) is 22.9 Å². The summed E-state index contributed by atoms with van der Waals surface area (Å²) in [5, 5.41) is 6.99. The van der Waals surface area contributed by atoms with Crippen molar-refractivity contribution >= 4 is 34.9 Å². The van der Waals surface area contributed by atoms with Crippen LogP contribution in [0.4, 0.5) is 4.79 Å². The van der Waals surface area contributed by atoms with Crippen LogP contribution in [0.5, 0.6) is 0 Å². The highest BCUT2D eigenvalue weighted by atomic mass is 35.5. The predicted molar refractivity (Wildman–Crippen MR) is 84.7 cm³/mol. The molecule has 1 aliphatic rings. The van der Waals surface area contributed by atoms with E-state index in [-0.39, 0.29) is 18.0 Å². The number of alkyl halides is 1. The average molecular weight is 330 g/mol. The molecular formula is C14H20ClN3O2S. The molecule has 21 heavy (non-hydrogen) atoms. The number of amides is 3. The number of urea groups is 1. The van der Waals surface area contributed by atoms with E-state index in [0.29, 0.717) is 13.1 Å². The van der Waals surface area contributed by atoms with Crippen LogP contribution in [0.15, 0.2) is 17.5 Å². The van der Waals surface area contributed by atoms with Crippen molar-refractivity contribution < 1.29 is 9.59 Å². The van der Waals surface area contributed by atoms with E-state index in [1.807, 2.05) is 16.3 Å². The van der Waals surface area contributed by atoms with Gasteiger partial charge < -0.3 is 15.5 Å².